The van der Waals surface area contributed by atoms with E-state index in [1.807, 2.05) is 6.92 Å². The average Bonchev–Trinajstić information content (AvgIpc) is 2.27. The van der Waals surface area contributed by atoms with Gasteiger partial charge in [-0.15, -0.1) is 0 Å². The van der Waals surface area contributed by atoms with E-state index >= 15 is 0 Å². The molecule has 5 heteroatoms. The molecule has 0 amide bonds. The van der Waals surface area contributed by atoms with Gasteiger partial charge in [-0.05, 0) is 26.5 Å². The molecule has 0 spiro atoms. The van der Waals surface area contributed by atoms with Crippen molar-refractivity contribution < 1.29 is 14.6 Å². The van der Waals surface area contributed by atoms with Gasteiger partial charge < -0.3 is 15.2 Å². The van der Waals surface area contributed by atoms with Crippen LogP contribution in [0.3, 0.4) is 0 Å². The van der Waals surface area contributed by atoms with E-state index in [0.717, 1.165) is 15.6 Å². The molecule has 4 nitrogen and oxygen atoms in total. The van der Waals surface area contributed by atoms with Gasteiger partial charge in [0.15, 0.2) is 17.3 Å². The molecule has 0 aliphatic rings. The Hall–Kier alpha value is -1.07. The van der Waals surface area contributed by atoms with Gasteiger partial charge in [-0.2, -0.15) is 0 Å². The molecule has 0 atom stereocenters. The van der Waals surface area contributed by atoms with Gasteiger partial charge in [0.05, 0.1) is 19.2 Å². The minimum atomic E-state index is -0.165. The summed E-state index contributed by atoms with van der Waals surface area (Å²) in [6, 6.07) is 0. The molecule has 94 valence electrons. The molecule has 0 heterocycles. The predicted molar refractivity (Wildman–Crippen MR) is 70.1 cm³/mol. The number of ketones is 1. The molecule has 0 radical (unpaired) electrons. The van der Waals surface area contributed by atoms with Crippen LogP contribution in [0.25, 0.3) is 0 Å². The van der Waals surface area contributed by atoms with Gasteiger partial charge in [-0.1, -0.05) is 15.9 Å². The predicted octanol–water partition coefficient (Wildman–Crippen LogP) is 2.18. The van der Waals surface area contributed by atoms with Crippen LogP contribution in [0.15, 0.2) is 4.47 Å². The van der Waals surface area contributed by atoms with Crippen molar-refractivity contribution in [2.45, 2.75) is 13.8 Å². The zero-order valence-corrected chi connectivity index (χ0v) is 11.9. The van der Waals surface area contributed by atoms with Gasteiger partial charge in [0, 0.05) is 10.0 Å². The third kappa shape index (κ3) is 2.45. The Morgan fingerprint density at radius 3 is 2.47 bits per heavy atom. The van der Waals surface area contributed by atoms with Crippen LogP contribution in [-0.2, 0) is 0 Å². The number of Topliss-reactive ketones (excluding diaryl/α,β-unsaturated/α-hetero) is 1. The fourth-order valence-corrected chi connectivity index (χ4v) is 2.18. The third-order valence-electron chi connectivity index (χ3n) is 2.65. The molecule has 0 aliphatic heterocycles. The van der Waals surface area contributed by atoms with Crippen LogP contribution in [0.1, 0.15) is 21.5 Å². The average molecular weight is 302 g/mol. The number of carbonyl (C=O) groups excluding carboxylic acids is 1. The zero-order chi connectivity index (χ0) is 13.2. The van der Waals surface area contributed by atoms with Gasteiger partial charge in [0.2, 0.25) is 0 Å². The van der Waals surface area contributed by atoms with Crippen molar-refractivity contribution in [1.29, 1.82) is 0 Å². The lowest BCUT2D eigenvalue weighted by atomic mass is 9.99. The lowest BCUT2D eigenvalue weighted by molar-refractivity contribution is 0.0989. The van der Waals surface area contributed by atoms with Crippen LogP contribution >= 0.6 is 15.9 Å². The largest absolute Gasteiger partial charge is 0.504 e. The number of carbonyl (C=O) groups is 1. The van der Waals surface area contributed by atoms with E-state index in [1.165, 1.54) is 7.11 Å². The van der Waals surface area contributed by atoms with Crippen molar-refractivity contribution in [3.05, 3.63) is 21.2 Å². The van der Waals surface area contributed by atoms with Crippen LogP contribution in [0.5, 0.6) is 11.5 Å². The number of aromatic hydroxyl groups is 1. The number of likely N-dealkylation sites (N-methyl/N-ethyl adjacent to an activating group) is 1. The van der Waals surface area contributed by atoms with E-state index in [4.69, 9.17) is 4.74 Å². The minimum Gasteiger partial charge on any atom is -0.504 e. The maximum Gasteiger partial charge on any atom is 0.180 e. The topological polar surface area (TPSA) is 58.6 Å². The first-order valence-electron chi connectivity index (χ1n) is 5.19. The first-order valence-corrected chi connectivity index (χ1v) is 5.98. The maximum absolute atomic E-state index is 11.9. The van der Waals surface area contributed by atoms with E-state index in [-0.39, 0.29) is 18.1 Å². The highest BCUT2D eigenvalue weighted by Crippen LogP contribution is 2.41. The van der Waals surface area contributed by atoms with Gasteiger partial charge in [0.25, 0.3) is 0 Å². The molecule has 0 aliphatic carbocycles. The van der Waals surface area contributed by atoms with Crippen LogP contribution in [-0.4, -0.2) is 31.6 Å². The number of halogens is 1. The lowest BCUT2D eigenvalue weighted by Crippen LogP contribution is -2.20. The fourth-order valence-electron chi connectivity index (χ4n) is 1.80. The summed E-state index contributed by atoms with van der Waals surface area (Å²) >= 11 is 3.41. The molecule has 1 aromatic rings. The molecular formula is C12H16BrNO3. The molecule has 0 fully saturated rings. The second-order valence-corrected chi connectivity index (χ2v) is 4.57. The number of hydrogen-bond acceptors (Lipinski definition) is 4. The SMILES string of the molecule is CNCC(=O)c1c(C)c(Br)c(C)c(OC)c1O. The molecule has 0 saturated carbocycles. The highest BCUT2D eigenvalue weighted by Gasteiger charge is 2.22. The molecule has 1 rings (SSSR count). The highest BCUT2D eigenvalue weighted by atomic mass is 79.9. The number of benzene rings is 1. The van der Waals surface area contributed by atoms with Crippen LogP contribution < -0.4 is 10.1 Å². The molecule has 0 unspecified atom stereocenters. The lowest BCUT2D eigenvalue weighted by Gasteiger charge is -2.16. The third-order valence-corrected chi connectivity index (χ3v) is 3.84. The van der Waals surface area contributed by atoms with Crippen molar-refractivity contribution >= 4 is 21.7 Å². The zero-order valence-electron chi connectivity index (χ0n) is 10.3. The Kier molecular flexibility index (Phi) is 4.54. The Balaban J connectivity index is 3.50. The molecule has 0 aromatic heterocycles. The summed E-state index contributed by atoms with van der Waals surface area (Å²) in [5.41, 5.74) is 1.80. The first kappa shape index (κ1) is 14.0. The smallest absolute Gasteiger partial charge is 0.180 e. The van der Waals surface area contributed by atoms with Crippen molar-refractivity contribution in [1.82, 2.24) is 5.32 Å². The molecule has 2 N–H and O–H groups in total. The summed E-state index contributed by atoms with van der Waals surface area (Å²) in [5.74, 6) is 0.0781. The van der Waals surface area contributed by atoms with E-state index in [0.29, 0.717) is 11.3 Å². The fraction of sp³-hybridized carbons (Fsp3) is 0.417. The monoisotopic (exact) mass is 301 g/mol. The Morgan fingerprint density at radius 1 is 1.41 bits per heavy atom. The van der Waals surface area contributed by atoms with Crippen molar-refractivity contribution in [3.8, 4) is 11.5 Å². The van der Waals surface area contributed by atoms with Gasteiger partial charge in [0.1, 0.15) is 0 Å². The Morgan fingerprint density at radius 2 is 2.00 bits per heavy atom. The summed E-state index contributed by atoms with van der Waals surface area (Å²) in [5, 5.41) is 12.9. The molecule has 0 bridgehead atoms. The van der Waals surface area contributed by atoms with E-state index in [1.54, 1.807) is 14.0 Å². The summed E-state index contributed by atoms with van der Waals surface area (Å²) < 4.78 is 5.91. The summed E-state index contributed by atoms with van der Waals surface area (Å²) in [6.07, 6.45) is 0. The van der Waals surface area contributed by atoms with Crippen molar-refractivity contribution in [3.63, 3.8) is 0 Å². The van der Waals surface area contributed by atoms with Gasteiger partial charge >= 0.3 is 0 Å². The highest BCUT2D eigenvalue weighted by molar-refractivity contribution is 9.10. The van der Waals surface area contributed by atoms with Crippen LogP contribution in [0.2, 0.25) is 0 Å². The van der Waals surface area contributed by atoms with E-state index in [9.17, 15) is 9.90 Å². The minimum absolute atomic E-state index is 0.0917. The number of phenols is 1. The number of methoxy groups -OCH3 is 1. The van der Waals surface area contributed by atoms with Crippen LogP contribution in [0, 0.1) is 13.8 Å². The van der Waals surface area contributed by atoms with E-state index < -0.39 is 0 Å². The van der Waals surface area contributed by atoms with E-state index in [2.05, 4.69) is 21.2 Å². The number of phenolic OH excluding ortho intramolecular Hbond substituents is 1. The second kappa shape index (κ2) is 5.51. The Labute approximate surface area is 109 Å². The number of rotatable bonds is 4. The summed E-state index contributed by atoms with van der Waals surface area (Å²) in [7, 11) is 3.15. The maximum atomic E-state index is 11.9. The van der Waals surface area contributed by atoms with Gasteiger partial charge in [-0.25, -0.2) is 0 Å². The first-order chi connectivity index (χ1) is 7.95. The Bertz CT molecular complexity index is 458. The summed E-state index contributed by atoms with van der Waals surface area (Å²) in [4.78, 5) is 11.9. The molecular weight excluding hydrogens is 286 g/mol. The van der Waals surface area contributed by atoms with Crippen molar-refractivity contribution in [2.24, 2.45) is 0 Å². The summed E-state index contributed by atoms with van der Waals surface area (Å²) in [6.45, 7) is 3.79. The normalized spacial score (nSPS) is 10.4. The number of nitrogens with one attached hydrogen (secondary N) is 1. The van der Waals surface area contributed by atoms with Crippen molar-refractivity contribution in [2.75, 3.05) is 20.7 Å². The molecule has 0 saturated heterocycles. The molecule has 17 heavy (non-hydrogen) atoms. The standard InChI is InChI=1S/C12H16BrNO3/c1-6-9(8(15)5-14-3)11(16)12(17-4)7(2)10(6)13/h14,16H,5H2,1-4H3. The quantitative estimate of drug-likeness (QED) is 0.837. The second-order valence-electron chi connectivity index (χ2n) is 3.77. The van der Waals surface area contributed by atoms with Crippen LogP contribution in [0.4, 0.5) is 0 Å². The number of hydrogen-bond donors (Lipinski definition) is 2. The van der Waals surface area contributed by atoms with Gasteiger partial charge in [-0.3, -0.25) is 4.79 Å². The number of ether oxygens (including phenoxy) is 1. The molecule has 1 aromatic carbocycles.